The maximum absolute atomic E-state index is 14.2. The summed E-state index contributed by atoms with van der Waals surface area (Å²) in [5, 5.41) is 4.28. The fourth-order valence-corrected chi connectivity index (χ4v) is 2.84. The maximum atomic E-state index is 14.2. The normalized spacial score (nSPS) is 11.4. The average molecular weight is 387 g/mol. The first kappa shape index (κ1) is 19.3. The first-order valence-corrected chi connectivity index (χ1v) is 8.46. The molecule has 0 unspecified atom stereocenters. The van der Waals surface area contributed by atoms with Gasteiger partial charge < -0.3 is 10.3 Å². The van der Waals surface area contributed by atoms with E-state index < -0.39 is 17.2 Å². The van der Waals surface area contributed by atoms with Crippen molar-refractivity contribution in [2.24, 2.45) is 4.99 Å². The van der Waals surface area contributed by atoms with E-state index in [1.54, 1.807) is 34.2 Å². The lowest BCUT2D eigenvalue weighted by molar-refractivity contribution is 0.585. The number of anilines is 1. The highest BCUT2D eigenvalue weighted by Crippen LogP contribution is 2.25. The Morgan fingerprint density at radius 1 is 1.29 bits per heavy atom. The summed E-state index contributed by atoms with van der Waals surface area (Å²) in [5.41, 5.74) is 0.552. The van der Waals surface area contributed by atoms with Gasteiger partial charge in [0, 0.05) is 32.4 Å². The Labute approximate surface area is 159 Å². The van der Waals surface area contributed by atoms with Gasteiger partial charge in [-0.25, -0.2) is 28.4 Å². The van der Waals surface area contributed by atoms with E-state index in [4.69, 9.17) is 0 Å². The highest BCUT2D eigenvalue weighted by atomic mass is 19.1. The van der Waals surface area contributed by atoms with Gasteiger partial charge in [0.2, 0.25) is 0 Å². The Balaban J connectivity index is 2.10. The van der Waals surface area contributed by atoms with Crippen molar-refractivity contribution in [1.29, 1.82) is 0 Å². The van der Waals surface area contributed by atoms with Crippen molar-refractivity contribution in [3.63, 3.8) is 0 Å². The predicted molar refractivity (Wildman–Crippen MR) is 104 cm³/mol. The fraction of sp³-hybridized carbons (Fsp3) is 0.278. The number of rotatable bonds is 5. The van der Waals surface area contributed by atoms with Crippen LogP contribution in [0.1, 0.15) is 18.4 Å². The predicted octanol–water partition coefficient (Wildman–Crippen LogP) is 2.31. The Morgan fingerprint density at radius 2 is 2.04 bits per heavy atom. The first-order chi connectivity index (χ1) is 13.3. The Bertz CT molecular complexity index is 1130. The van der Waals surface area contributed by atoms with Crippen molar-refractivity contribution >= 4 is 28.6 Å². The van der Waals surface area contributed by atoms with Crippen LogP contribution in [0.2, 0.25) is 0 Å². The van der Waals surface area contributed by atoms with Gasteiger partial charge in [-0.05, 0) is 13.8 Å². The monoisotopic (exact) mass is 387 g/mol. The maximum Gasteiger partial charge on any atom is 0.283 e. The number of hydrogen-bond acceptors (Lipinski definition) is 7. The number of fused-ring (bicyclic) bond motifs is 1. The number of benzene rings is 1. The lowest BCUT2D eigenvalue weighted by atomic mass is 10.2. The third-order valence-electron chi connectivity index (χ3n) is 4.01. The van der Waals surface area contributed by atoms with Crippen molar-refractivity contribution in [1.82, 2.24) is 19.6 Å². The van der Waals surface area contributed by atoms with Crippen LogP contribution in [0.15, 0.2) is 28.2 Å². The van der Waals surface area contributed by atoms with Gasteiger partial charge in [-0.15, -0.1) is 0 Å². The SMILES string of the molecule is CC=Nc1c(C)ncnc1NCc1nc2cc(F)cc(F)c2c(=O)n1N(C)C. The molecule has 0 atom stereocenters. The summed E-state index contributed by atoms with van der Waals surface area (Å²) in [7, 11) is 3.25. The summed E-state index contributed by atoms with van der Waals surface area (Å²) in [6, 6.07) is 1.70. The van der Waals surface area contributed by atoms with Crippen LogP contribution >= 0.6 is 0 Å². The van der Waals surface area contributed by atoms with Crippen LogP contribution in [-0.4, -0.2) is 39.9 Å². The van der Waals surface area contributed by atoms with E-state index in [1.165, 1.54) is 16.0 Å². The second-order valence-corrected chi connectivity index (χ2v) is 6.17. The summed E-state index contributed by atoms with van der Waals surface area (Å²) in [6.45, 7) is 3.64. The van der Waals surface area contributed by atoms with E-state index in [9.17, 15) is 13.6 Å². The number of nitrogens with one attached hydrogen (secondary N) is 1. The number of aromatic nitrogens is 4. The molecule has 2 aromatic heterocycles. The molecule has 0 aliphatic heterocycles. The highest BCUT2D eigenvalue weighted by Gasteiger charge is 2.17. The summed E-state index contributed by atoms with van der Waals surface area (Å²) < 4.78 is 29.0. The molecule has 0 saturated carbocycles. The molecule has 28 heavy (non-hydrogen) atoms. The molecule has 0 aliphatic rings. The first-order valence-electron chi connectivity index (χ1n) is 8.46. The molecule has 8 nitrogen and oxygen atoms in total. The van der Waals surface area contributed by atoms with Gasteiger partial charge in [0.15, 0.2) is 11.6 Å². The van der Waals surface area contributed by atoms with Crippen LogP contribution in [-0.2, 0) is 6.54 Å². The van der Waals surface area contributed by atoms with Crippen LogP contribution in [0.5, 0.6) is 0 Å². The minimum absolute atomic E-state index is 0.0527. The molecule has 0 bridgehead atoms. The van der Waals surface area contributed by atoms with Crippen LogP contribution in [0.25, 0.3) is 10.9 Å². The number of aliphatic imine (C=N–C) groups is 1. The minimum Gasteiger partial charge on any atom is -0.361 e. The molecular formula is C18H19F2N7O. The topological polar surface area (TPSA) is 88.3 Å². The zero-order valence-corrected chi connectivity index (χ0v) is 15.9. The van der Waals surface area contributed by atoms with Crippen LogP contribution in [0.4, 0.5) is 20.3 Å². The molecule has 10 heteroatoms. The van der Waals surface area contributed by atoms with Gasteiger partial charge in [0.1, 0.15) is 29.0 Å². The molecule has 146 valence electrons. The van der Waals surface area contributed by atoms with Crippen molar-refractivity contribution in [2.45, 2.75) is 20.4 Å². The number of halogens is 2. The molecule has 0 spiro atoms. The van der Waals surface area contributed by atoms with Crippen LogP contribution in [0, 0.1) is 18.6 Å². The van der Waals surface area contributed by atoms with E-state index in [2.05, 4.69) is 25.3 Å². The molecule has 1 aromatic carbocycles. The van der Waals surface area contributed by atoms with E-state index in [-0.39, 0.29) is 23.3 Å². The molecule has 0 saturated heterocycles. The minimum atomic E-state index is -0.950. The molecule has 0 radical (unpaired) electrons. The van der Waals surface area contributed by atoms with Crippen molar-refractivity contribution < 1.29 is 8.78 Å². The van der Waals surface area contributed by atoms with Gasteiger partial charge in [0.25, 0.3) is 5.56 Å². The van der Waals surface area contributed by atoms with Crippen molar-refractivity contribution in [3.05, 3.63) is 52.0 Å². The summed E-state index contributed by atoms with van der Waals surface area (Å²) >= 11 is 0. The van der Waals surface area contributed by atoms with Gasteiger partial charge in [-0.2, -0.15) is 0 Å². The Morgan fingerprint density at radius 3 is 2.71 bits per heavy atom. The molecule has 3 rings (SSSR count). The number of hydrogen-bond donors (Lipinski definition) is 1. The van der Waals surface area contributed by atoms with Gasteiger partial charge in [-0.3, -0.25) is 9.79 Å². The molecule has 0 fully saturated rings. The average Bonchev–Trinajstić information content (AvgIpc) is 2.61. The van der Waals surface area contributed by atoms with Crippen LogP contribution in [0.3, 0.4) is 0 Å². The largest absolute Gasteiger partial charge is 0.361 e. The van der Waals surface area contributed by atoms with Gasteiger partial charge >= 0.3 is 0 Å². The zero-order chi connectivity index (χ0) is 20.4. The quantitative estimate of drug-likeness (QED) is 0.676. The highest BCUT2D eigenvalue weighted by molar-refractivity contribution is 5.78. The summed E-state index contributed by atoms with van der Waals surface area (Å²) in [4.78, 5) is 29.6. The third-order valence-corrected chi connectivity index (χ3v) is 4.01. The zero-order valence-electron chi connectivity index (χ0n) is 15.9. The van der Waals surface area contributed by atoms with Crippen LogP contribution < -0.4 is 15.9 Å². The Hall–Kier alpha value is -3.43. The number of aryl methyl sites for hydroxylation is 1. The Kier molecular flexibility index (Phi) is 5.30. The van der Waals surface area contributed by atoms with Crippen molar-refractivity contribution in [3.8, 4) is 0 Å². The molecular weight excluding hydrogens is 368 g/mol. The lowest BCUT2D eigenvalue weighted by Gasteiger charge is -2.21. The second kappa shape index (κ2) is 7.67. The van der Waals surface area contributed by atoms with E-state index in [0.717, 1.165) is 6.07 Å². The summed E-state index contributed by atoms with van der Waals surface area (Å²) in [5.74, 6) is -1.04. The molecule has 3 aromatic rings. The van der Waals surface area contributed by atoms with Gasteiger partial charge in [-0.1, -0.05) is 0 Å². The lowest BCUT2D eigenvalue weighted by Crippen LogP contribution is -2.40. The molecule has 2 heterocycles. The van der Waals surface area contributed by atoms with E-state index in [0.29, 0.717) is 23.3 Å². The standard InChI is InChI=1S/C18H19F2N7O/c1-5-21-16-10(2)23-9-24-17(16)22-8-14-25-13-7-11(19)6-12(20)15(13)18(28)27(14)26(3)4/h5-7,9H,8H2,1-4H3,(H,22,23,24). The van der Waals surface area contributed by atoms with Gasteiger partial charge in [0.05, 0.1) is 17.8 Å². The molecule has 0 aliphatic carbocycles. The van der Waals surface area contributed by atoms with Crippen molar-refractivity contribution in [2.75, 3.05) is 24.4 Å². The smallest absolute Gasteiger partial charge is 0.283 e. The second-order valence-electron chi connectivity index (χ2n) is 6.17. The third kappa shape index (κ3) is 3.53. The molecule has 1 N–H and O–H groups in total. The van der Waals surface area contributed by atoms with E-state index >= 15 is 0 Å². The molecule has 0 amide bonds. The summed E-state index contributed by atoms with van der Waals surface area (Å²) in [6.07, 6.45) is 3.01. The number of nitrogens with zero attached hydrogens (tertiary/aromatic N) is 6. The fourth-order valence-electron chi connectivity index (χ4n) is 2.84. The van der Waals surface area contributed by atoms with E-state index in [1.807, 2.05) is 0 Å².